The Morgan fingerprint density at radius 1 is 0.884 bits per heavy atom. The number of esters is 1. The quantitative estimate of drug-likeness (QED) is 0.131. The first-order chi connectivity index (χ1) is 21.0. The van der Waals surface area contributed by atoms with Gasteiger partial charge < -0.3 is 24.8 Å². The van der Waals surface area contributed by atoms with E-state index in [1.54, 1.807) is 18.2 Å². The summed E-state index contributed by atoms with van der Waals surface area (Å²) in [7, 11) is 2.84. The first kappa shape index (κ1) is 32.3. The van der Waals surface area contributed by atoms with Crippen LogP contribution in [0.1, 0.15) is 34.9 Å². The third kappa shape index (κ3) is 8.27. The Hall–Kier alpha value is -3.62. The molecule has 3 aromatic carbocycles. The van der Waals surface area contributed by atoms with Crippen LogP contribution in [0.5, 0.6) is 0 Å². The van der Waals surface area contributed by atoms with E-state index in [0.717, 1.165) is 11.1 Å². The summed E-state index contributed by atoms with van der Waals surface area (Å²) in [6, 6.07) is 27.5. The van der Waals surface area contributed by atoms with Gasteiger partial charge in [0, 0.05) is 30.5 Å². The Morgan fingerprint density at radius 2 is 1.53 bits per heavy atom. The van der Waals surface area contributed by atoms with Crippen molar-refractivity contribution in [3.63, 3.8) is 0 Å². The van der Waals surface area contributed by atoms with Crippen molar-refractivity contribution in [2.45, 2.75) is 18.3 Å². The molecule has 0 saturated heterocycles. The topological polar surface area (TPSA) is 85.9 Å². The molecule has 0 aromatic heterocycles. The second-order valence-corrected chi connectivity index (χ2v) is 10.8. The zero-order valence-corrected chi connectivity index (χ0v) is 25.8. The first-order valence-corrected chi connectivity index (χ1v) is 15.0. The molecule has 1 aliphatic rings. The molecular weight excluding hydrogens is 587 g/mol. The van der Waals surface area contributed by atoms with Crippen molar-refractivity contribution >= 4 is 35.1 Å². The van der Waals surface area contributed by atoms with E-state index >= 15 is 0 Å². The summed E-state index contributed by atoms with van der Waals surface area (Å²) < 4.78 is 16.4. The predicted molar refractivity (Wildman–Crippen MR) is 169 cm³/mol. The minimum atomic E-state index is -0.786. The van der Waals surface area contributed by atoms with Gasteiger partial charge in [0.05, 0.1) is 55.4 Å². The molecule has 3 aromatic rings. The number of rotatable bonds is 14. The van der Waals surface area contributed by atoms with Gasteiger partial charge in [0.1, 0.15) is 0 Å². The molecule has 9 heteroatoms. The van der Waals surface area contributed by atoms with Crippen LogP contribution in [0.4, 0.5) is 0 Å². The Labute approximate surface area is 262 Å². The van der Waals surface area contributed by atoms with Crippen LogP contribution in [0.15, 0.2) is 107 Å². The number of nitrogens with one attached hydrogen (secondary N) is 2. The molecule has 4 rings (SSSR count). The highest BCUT2D eigenvalue weighted by molar-refractivity contribution is 6.30. The maximum Gasteiger partial charge on any atom is 0.336 e. The fourth-order valence-corrected chi connectivity index (χ4v) is 5.68. The van der Waals surface area contributed by atoms with Gasteiger partial charge in [0.15, 0.2) is 0 Å². The summed E-state index contributed by atoms with van der Waals surface area (Å²) in [5, 5.41) is 6.84. The van der Waals surface area contributed by atoms with E-state index in [1.807, 2.05) is 42.5 Å². The SMILES string of the molecule is COCC1=C(C(=O)OC)C(c2cccc(Cl)c2)C(C(=O)NCCC(c2ccccc2)c2ccccc2)=C(COCCCl)N1. The van der Waals surface area contributed by atoms with Gasteiger partial charge in [0.25, 0.3) is 0 Å². The minimum absolute atomic E-state index is 0.0743. The monoisotopic (exact) mass is 622 g/mol. The van der Waals surface area contributed by atoms with Gasteiger partial charge in [0.2, 0.25) is 5.91 Å². The van der Waals surface area contributed by atoms with Crippen LogP contribution in [0.2, 0.25) is 5.02 Å². The van der Waals surface area contributed by atoms with Crippen molar-refractivity contribution < 1.29 is 23.8 Å². The number of hydrogen-bond acceptors (Lipinski definition) is 6. The minimum Gasteiger partial charge on any atom is -0.466 e. The molecule has 7 nitrogen and oxygen atoms in total. The van der Waals surface area contributed by atoms with Gasteiger partial charge in [-0.05, 0) is 35.2 Å². The fourth-order valence-electron chi connectivity index (χ4n) is 5.37. The number of ether oxygens (including phenoxy) is 3. The average Bonchev–Trinajstić information content (AvgIpc) is 3.03. The maximum absolute atomic E-state index is 14.2. The number of amides is 1. The first-order valence-electron chi connectivity index (χ1n) is 14.1. The van der Waals surface area contributed by atoms with Crippen LogP contribution in [0.3, 0.4) is 0 Å². The Bertz CT molecular complexity index is 1400. The highest BCUT2D eigenvalue weighted by atomic mass is 35.5. The number of carbonyl (C=O) groups excluding carboxylic acids is 2. The normalized spacial score (nSPS) is 15.0. The summed E-state index contributed by atoms with van der Waals surface area (Å²) in [5.74, 6) is -1.33. The molecular formula is C34H36Cl2N2O5. The summed E-state index contributed by atoms with van der Waals surface area (Å²) in [4.78, 5) is 27.4. The van der Waals surface area contributed by atoms with Gasteiger partial charge in [-0.2, -0.15) is 0 Å². The lowest BCUT2D eigenvalue weighted by Crippen LogP contribution is -2.40. The number of alkyl halides is 1. The lowest BCUT2D eigenvalue weighted by atomic mass is 9.79. The van der Waals surface area contributed by atoms with E-state index in [9.17, 15) is 9.59 Å². The molecule has 1 atom stereocenters. The van der Waals surface area contributed by atoms with Gasteiger partial charge in [-0.25, -0.2) is 4.79 Å². The van der Waals surface area contributed by atoms with Crippen molar-refractivity contribution in [3.8, 4) is 0 Å². The Balaban J connectivity index is 1.71. The third-order valence-electron chi connectivity index (χ3n) is 7.24. The number of methoxy groups -OCH3 is 2. The van der Waals surface area contributed by atoms with Gasteiger partial charge >= 0.3 is 5.97 Å². The number of halogens is 2. The highest BCUT2D eigenvalue weighted by Crippen LogP contribution is 2.40. The maximum atomic E-state index is 14.2. The van der Waals surface area contributed by atoms with E-state index < -0.39 is 11.9 Å². The molecule has 1 unspecified atom stereocenters. The molecule has 0 bridgehead atoms. The van der Waals surface area contributed by atoms with Crippen LogP contribution < -0.4 is 10.6 Å². The van der Waals surface area contributed by atoms with E-state index in [-0.39, 0.29) is 37.2 Å². The van der Waals surface area contributed by atoms with Crippen LogP contribution in [-0.2, 0) is 23.8 Å². The van der Waals surface area contributed by atoms with E-state index in [0.29, 0.717) is 46.4 Å². The Kier molecular flexibility index (Phi) is 12.2. The van der Waals surface area contributed by atoms with Crippen molar-refractivity contribution in [2.75, 3.05) is 46.5 Å². The molecule has 2 N–H and O–H groups in total. The largest absolute Gasteiger partial charge is 0.466 e. The third-order valence-corrected chi connectivity index (χ3v) is 7.63. The fraction of sp³-hybridized carbons (Fsp3) is 0.294. The van der Waals surface area contributed by atoms with Crippen LogP contribution in [0.25, 0.3) is 0 Å². The molecule has 0 radical (unpaired) electrons. The van der Waals surface area contributed by atoms with Crippen molar-refractivity contribution in [1.82, 2.24) is 10.6 Å². The molecule has 0 saturated carbocycles. The summed E-state index contributed by atoms with van der Waals surface area (Å²) in [6.45, 7) is 0.833. The number of dihydropyridines is 1. The zero-order valence-electron chi connectivity index (χ0n) is 24.3. The lowest BCUT2D eigenvalue weighted by molar-refractivity contribution is -0.136. The van der Waals surface area contributed by atoms with Crippen LogP contribution in [-0.4, -0.2) is 58.3 Å². The molecule has 0 aliphatic carbocycles. The van der Waals surface area contributed by atoms with Crippen molar-refractivity contribution in [1.29, 1.82) is 0 Å². The molecule has 1 heterocycles. The van der Waals surface area contributed by atoms with Gasteiger partial charge in [-0.1, -0.05) is 84.4 Å². The summed E-state index contributed by atoms with van der Waals surface area (Å²) in [6.07, 6.45) is 0.662. The summed E-state index contributed by atoms with van der Waals surface area (Å²) >= 11 is 12.3. The zero-order chi connectivity index (χ0) is 30.6. The molecule has 43 heavy (non-hydrogen) atoms. The number of carbonyl (C=O) groups is 2. The average molecular weight is 624 g/mol. The molecule has 1 amide bonds. The molecule has 0 fully saturated rings. The van der Waals surface area contributed by atoms with Crippen LogP contribution in [0, 0.1) is 0 Å². The van der Waals surface area contributed by atoms with Gasteiger partial charge in [-0.3, -0.25) is 4.79 Å². The standard InChI is InChI=1S/C34H36Cl2N2O5/c1-41-21-28-32(34(40)42-2)30(25-14-9-15-26(36)20-25)31(29(38-28)22-43-19-17-35)33(39)37-18-16-27(23-10-5-3-6-11-23)24-12-7-4-8-13-24/h3-15,20,27,30,38H,16-19,21-22H2,1-2H3,(H,37,39). The van der Waals surface area contributed by atoms with E-state index in [4.69, 9.17) is 37.4 Å². The van der Waals surface area contributed by atoms with E-state index in [2.05, 4.69) is 34.9 Å². The van der Waals surface area contributed by atoms with Crippen LogP contribution >= 0.6 is 23.2 Å². The molecule has 0 spiro atoms. The predicted octanol–water partition coefficient (Wildman–Crippen LogP) is 5.95. The number of hydrogen-bond donors (Lipinski definition) is 2. The van der Waals surface area contributed by atoms with E-state index in [1.165, 1.54) is 14.2 Å². The number of benzene rings is 3. The van der Waals surface area contributed by atoms with Gasteiger partial charge in [-0.15, -0.1) is 11.6 Å². The smallest absolute Gasteiger partial charge is 0.336 e. The molecule has 226 valence electrons. The summed E-state index contributed by atoms with van der Waals surface area (Å²) in [5.41, 5.74) is 4.58. The molecule has 1 aliphatic heterocycles. The van der Waals surface area contributed by atoms with Crippen molar-refractivity contribution in [3.05, 3.63) is 129 Å². The Morgan fingerprint density at radius 3 is 2.12 bits per heavy atom. The highest BCUT2D eigenvalue weighted by Gasteiger charge is 2.39. The van der Waals surface area contributed by atoms with Crippen molar-refractivity contribution in [2.24, 2.45) is 0 Å². The lowest BCUT2D eigenvalue weighted by Gasteiger charge is -2.33. The second kappa shape index (κ2) is 16.3. The second-order valence-electron chi connectivity index (χ2n) is 9.98.